The van der Waals surface area contributed by atoms with Gasteiger partial charge in [-0.1, -0.05) is 26.8 Å². The first-order chi connectivity index (χ1) is 11.3. The lowest BCUT2D eigenvalue weighted by Crippen LogP contribution is -2.49. The van der Waals surface area contributed by atoms with Crippen LogP contribution in [0.15, 0.2) is 29.2 Å². The summed E-state index contributed by atoms with van der Waals surface area (Å²) in [6, 6.07) is 3.22. The molecule has 1 aromatic carbocycles. The first-order valence-electron chi connectivity index (χ1n) is 7.25. The summed E-state index contributed by atoms with van der Waals surface area (Å²) in [7, 11) is -4.31. The van der Waals surface area contributed by atoms with E-state index in [0.717, 1.165) is 18.2 Å². The topological polar surface area (TPSA) is 102 Å². The number of hydrogen-bond donors (Lipinski definition) is 2. The van der Waals surface area contributed by atoms with Gasteiger partial charge in [0.1, 0.15) is 11.8 Å². The van der Waals surface area contributed by atoms with E-state index >= 15 is 0 Å². The molecule has 0 aliphatic carbocycles. The zero-order chi connectivity index (χ0) is 19.4. The Balaban J connectivity index is 2.87. The summed E-state index contributed by atoms with van der Waals surface area (Å²) in [6.45, 7) is 3.12. The van der Waals surface area contributed by atoms with Gasteiger partial charge in [0.25, 0.3) is 15.9 Å². The van der Waals surface area contributed by atoms with Gasteiger partial charge in [-0.15, -0.1) is 0 Å². The number of rotatable bonds is 6. The molecule has 0 saturated carbocycles. The second kappa shape index (κ2) is 7.77. The minimum atomic E-state index is -4.31. The monoisotopic (exact) mass is 378 g/mol. The highest BCUT2D eigenvalue weighted by Crippen LogP contribution is 2.19. The number of carbonyl (C=O) groups excluding carboxylic acids is 2. The van der Waals surface area contributed by atoms with E-state index in [1.165, 1.54) is 13.0 Å². The van der Waals surface area contributed by atoms with Crippen LogP contribution in [0.25, 0.3) is 0 Å². The molecule has 1 atom stereocenters. The number of hydrogen-bond acceptors (Lipinski definition) is 5. The van der Waals surface area contributed by atoms with Crippen LogP contribution in [0.1, 0.15) is 27.7 Å². The van der Waals surface area contributed by atoms with E-state index in [2.05, 4.69) is 10.1 Å². The Morgan fingerprint density at radius 3 is 2.32 bits per heavy atom. The molecule has 0 spiro atoms. The number of amides is 2. The molecule has 1 rings (SSSR count). The van der Waals surface area contributed by atoms with E-state index in [-0.39, 0.29) is 5.75 Å². The maximum Gasteiger partial charge on any atom is 0.387 e. The molecule has 7 nitrogen and oxygen atoms in total. The van der Waals surface area contributed by atoms with Crippen LogP contribution in [-0.4, -0.2) is 32.9 Å². The van der Waals surface area contributed by atoms with Crippen molar-refractivity contribution < 1.29 is 31.5 Å². The van der Waals surface area contributed by atoms with E-state index in [4.69, 9.17) is 0 Å². The van der Waals surface area contributed by atoms with Crippen LogP contribution in [0.4, 0.5) is 8.78 Å². The van der Waals surface area contributed by atoms with Crippen molar-refractivity contribution in [1.29, 1.82) is 0 Å². The van der Waals surface area contributed by atoms with Crippen LogP contribution in [0.5, 0.6) is 5.75 Å². The van der Waals surface area contributed by atoms with Crippen molar-refractivity contribution in [2.45, 2.75) is 45.2 Å². The summed E-state index contributed by atoms with van der Waals surface area (Å²) < 4.78 is 54.7. The Labute approximate surface area is 144 Å². The third-order valence-corrected chi connectivity index (χ3v) is 4.34. The van der Waals surface area contributed by atoms with Crippen molar-refractivity contribution in [2.24, 2.45) is 5.41 Å². The molecule has 1 aromatic rings. The summed E-state index contributed by atoms with van der Waals surface area (Å²) in [5.74, 6) is -1.75. The van der Waals surface area contributed by atoms with Gasteiger partial charge in [0.05, 0.1) is 4.90 Å². The van der Waals surface area contributed by atoms with Gasteiger partial charge in [-0.05, 0) is 19.1 Å². The molecule has 0 bridgehead atoms. The Hall–Kier alpha value is -2.23. The summed E-state index contributed by atoms with van der Waals surface area (Å²) in [5.41, 5.74) is -0.756. The number of benzene rings is 1. The number of nitrogens with one attached hydrogen (secondary N) is 2. The molecule has 0 radical (unpaired) electrons. The minimum absolute atomic E-state index is 0.362. The van der Waals surface area contributed by atoms with Gasteiger partial charge < -0.3 is 10.1 Å². The predicted molar refractivity (Wildman–Crippen MR) is 85.5 cm³/mol. The van der Waals surface area contributed by atoms with E-state index in [9.17, 15) is 26.8 Å². The maximum atomic E-state index is 12.2. The van der Waals surface area contributed by atoms with Crippen molar-refractivity contribution >= 4 is 21.8 Å². The van der Waals surface area contributed by atoms with Crippen LogP contribution in [0, 0.1) is 5.41 Å². The van der Waals surface area contributed by atoms with Crippen LogP contribution >= 0.6 is 0 Å². The van der Waals surface area contributed by atoms with Gasteiger partial charge >= 0.3 is 6.61 Å². The molecule has 0 saturated heterocycles. The molecule has 2 N–H and O–H groups in total. The third kappa shape index (κ3) is 6.29. The Morgan fingerprint density at radius 2 is 1.80 bits per heavy atom. The molecule has 10 heteroatoms. The lowest BCUT2D eigenvalue weighted by atomic mass is 9.95. The van der Waals surface area contributed by atoms with Gasteiger partial charge in [0.15, 0.2) is 0 Å². The van der Waals surface area contributed by atoms with Crippen LogP contribution in [0.2, 0.25) is 0 Å². The third-order valence-electron chi connectivity index (χ3n) is 3.00. The highest BCUT2D eigenvalue weighted by Gasteiger charge is 2.27. The molecular weight excluding hydrogens is 358 g/mol. The Kier molecular flexibility index (Phi) is 6.47. The summed E-state index contributed by atoms with van der Waals surface area (Å²) in [6.07, 6.45) is 0. The fourth-order valence-electron chi connectivity index (χ4n) is 1.58. The highest BCUT2D eigenvalue weighted by molar-refractivity contribution is 7.90. The second-order valence-electron chi connectivity index (χ2n) is 6.27. The van der Waals surface area contributed by atoms with Crippen molar-refractivity contribution in [2.75, 3.05) is 0 Å². The van der Waals surface area contributed by atoms with Crippen LogP contribution in [-0.2, 0) is 19.6 Å². The molecule has 140 valence electrons. The van der Waals surface area contributed by atoms with Crippen molar-refractivity contribution in [3.05, 3.63) is 24.3 Å². The minimum Gasteiger partial charge on any atom is -0.435 e. The maximum absolute atomic E-state index is 12.2. The average molecular weight is 378 g/mol. The molecular formula is C15H20F2N2O5S. The standard InChI is InChI=1S/C15H20F2N2O5S/c1-9(18-13(21)15(2,3)4)12(20)19-25(22,23)11-7-5-6-10(8-11)24-14(16)17/h5-9,14H,1-4H3,(H,18,21)(H,19,20). The second-order valence-corrected chi connectivity index (χ2v) is 7.95. The first-order valence-corrected chi connectivity index (χ1v) is 8.74. The van der Waals surface area contributed by atoms with E-state index < -0.39 is 44.8 Å². The van der Waals surface area contributed by atoms with Crippen molar-refractivity contribution in [1.82, 2.24) is 10.0 Å². The van der Waals surface area contributed by atoms with Gasteiger partial charge in [0.2, 0.25) is 5.91 Å². The summed E-state index contributed by atoms with van der Waals surface area (Å²) in [4.78, 5) is 23.4. The van der Waals surface area contributed by atoms with Gasteiger partial charge in [-0.2, -0.15) is 8.78 Å². The zero-order valence-corrected chi connectivity index (χ0v) is 15.0. The number of sulfonamides is 1. The van der Waals surface area contributed by atoms with Crippen molar-refractivity contribution in [3.8, 4) is 5.75 Å². The lowest BCUT2D eigenvalue weighted by molar-refractivity contribution is -0.132. The molecule has 0 heterocycles. The average Bonchev–Trinajstić information content (AvgIpc) is 2.45. The number of carbonyl (C=O) groups is 2. The lowest BCUT2D eigenvalue weighted by Gasteiger charge is -2.21. The summed E-state index contributed by atoms with van der Waals surface area (Å²) in [5, 5.41) is 2.39. The SMILES string of the molecule is CC(NC(=O)C(C)(C)C)C(=O)NS(=O)(=O)c1cccc(OC(F)F)c1. The molecule has 0 aromatic heterocycles. The molecule has 25 heavy (non-hydrogen) atoms. The largest absolute Gasteiger partial charge is 0.435 e. The number of alkyl halides is 2. The number of ether oxygens (including phenoxy) is 1. The quantitative estimate of drug-likeness (QED) is 0.784. The molecule has 2 amide bonds. The van der Waals surface area contributed by atoms with Gasteiger partial charge in [0, 0.05) is 11.5 Å². The molecule has 0 fully saturated rings. The van der Waals surface area contributed by atoms with Crippen LogP contribution in [0.3, 0.4) is 0 Å². The zero-order valence-electron chi connectivity index (χ0n) is 14.2. The molecule has 1 unspecified atom stereocenters. The van der Waals surface area contributed by atoms with Crippen molar-refractivity contribution in [3.63, 3.8) is 0 Å². The highest BCUT2D eigenvalue weighted by atomic mass is 32.2. The fraction of sp³-hybridized carbons (Fsp3) is 0.467. The first kappa shape index (κ1) is 20.8. The normalized spacial score (nSPS) is 13.2. The Morgan fingerprint density at radius 1 is 1.20 bits per heavy atom. The fourth-order valence-corrected chi connectivity index (χ4v) is 2.66. The van der Waals surface area contributed by atoms with Gasteiger partial charge in [-0.3, -0.25) is 9.59 Å². The smallest absolute Gasteiger partial charge is 0.387 e. The predicted octanol–water partition coefficient (Wildman–Crippen LogP) is 1.64. The molecule has 0 aliphatic rings. The summed E-state index contributed by atoms with van der Waals surface area (Å²) >= 11 is 0. The van der Waals surface area contributed by atoms with E-state index in [1.807, 2.05) is 0 Å². The number of halogens is 2. The van der Waals surface area contributed by atoms with E-state index in [1.54, 1.807) is 25.5 Å². The Bertz CT molecular complexity index is 745. The molecule has 0 aliphatic heterocycles. The van der Waals surface area contributed by atoms with E-state index in [0.29, 0.717) is 0 Å². The van der Waals surface area contributed by atoms with Gasteiger partial charge in [-0.25, -0.2) is 13.1 Å². The van der Waals surface area contributed by atoms with Crippen LogP contribution < -0.4 is 14.8 Å².